The van der Waals surface area contributed by atoms with Crippen molar-refractivity contribution < 1.29 is 0 Å². The highest BCUT2D eigenvalue weighted by Gasteiger charge is 2.17. The Balaban J connectivity index is 2.11. The topological polar surface area (TPSA) is 3.24 Å². The molecule has 1 aromatic carbocycles. The van der Waals surface area contributed by atoms with Gasteiger partial charge in [0, 0.05) is 18.8 Å². The van der Waals surface area contributed by atoms with Crippen LogP contribution in [0, 0.1) is 5.92 Å². The van der Waals surface area contributed by atoms with Crippen LogP contribution in [0.4, 0.5) is 5.69 Å². The van der Waals surface area contributed by atoms with E-state index >= 15 is 0 Å². The predicted octanol–water partition coefficient (Wildman–Crippen LogP) is 2.53. The molecular formula is C11H15N. The maximum atomic E-state index is 2.46. The quantitative estimate of drug-likeness (QED) is 0.611. The molecule has 1 fully saturated rings. The number of para-hydroxylation sites is 1. The molecule has 0 radical (unpaired) electrons. The summed E-state index contributed by atoms with van der Waals surface area (Å²) in [7, 11) is 0. The molecule has 1 nitrogen and oxygen atoms in total. The smallest absolute Gasteiger partial charge is 0.0366 e. The molecule has 2 rings (SSSR count). The van der Waals surface area contributed by atoms with Crippen LogP contribution in [0.1, 0.15) is 13.3 Å². The van der Waals surface area contributed by atoms with E-state index in [1.54, 1.807) is 0 Å². The second-order valence-corrected chi connectivity index (χ2v) is 3.68. The third kappa shape index (κ3) is 1.45. The van der Waals surface area contributed by atoms with E-state index in [0.29, 0.717) is 0 Å². The van der Waals surface area contributed by atoms with Crippen LogP contribution in [-0.4, -0.2) is 13.1 Å². The van der Waals surface area contributed by atoms with E-state index in [1.165, 1.54) is 25.2 Å². The lowest BCUT2D eigenvalue weighted by Crippen LogP contribution is -2.18. The summed E-state index contributed by atoms with van der Waals surface area (Å²) in [6.07, 6.45) is 1.34. The molecule has 1 aliphatic heterocycles. The van der Waals surface area contributed by atoms with Crippen molar-refractivity contribution in [3.63, 3.8) is 0 Å². The Labute approximate surface area is 74.0 Å². The first kappa shape index (κ1) is 7.66. The van der Waals surface area contributed by atoms with Gasteiger partial charge in [0.1, 0.15) is 0 Å². The summed E-state index contributed by atoms with van der Waals surface area (Å²) < 4.78 is 0. The van der Waals surface area contributed by atoms with Crippen molar-refractivity contribution in [2.75, 3.05) is 18.0 Å². The number of anilines is 1. The van der Waals surface area contributed by atoms with Gasteiger partial charge in [0.2, 0.25) is 0 Å². The molecule has 0 bridgehead atoms. The Morgan fingerprint density at radius 1 is 1.25 bits per heavy atom. The van der Waals surface area contributed by atoms with Gasteiger partial charge < -0.3 is 4.90 Å². The van der Waals surface area contributed by atoms with Crippen molar-refractivity contribution in [1.29, 1.82) is 0 Å². The lowest BCUT2D eigenvalue weighted by molar-refractivity contribution is 0.659. The normalized spacial score (nSPS) is 23.1. The van der Waals surface area contributed by atoms with E-state index in [9.17, 15) is 0 Å². The van der Waals surface area contributed by atoms with Gasteiger partial charge in [-0.15, -0.1) is 0 Å². The third-order valence-electron chi connectivity index (χ3n) is 2.55. The number of nitrogens with zero attached hydrogens (tertiary/aromatic N) is 1. The minimum absolute atomic E-state index is 0.866. The van der Waals surface area contributed by atoms with Crippen LogP contribution in [0.15, 0.2) is 30.3 Å². The highest BCUT2D eigenvalue weighted by atomic mass is 15.1. The van der Waals surface area contributed by atoms with E-state index in [-0.39, 0.29) is 0 Å². The molecule has 1 unspecified atom stereocenters. The summed E-state index contributed by atoms with van der Waals surface area (Å²) in [5, 5.41) is 0. The maximum absolute atomic E-state index is 2.46. The van der Waals surface area contributed by atoms with Gasteiger partial charge in [-0.1, -0.05) is 25.1 Å². The molecule has 1 heterocycles. The Hall–Kier alpha value is -0.980. The molecule has 1 heteroatoms. The van der Waals surface area contributed by atoms with Crippen LogP contribution >= 0.6 is 0 Å². The van der Waals surface area contributed by atoms with Gasteiger partial charge in [-0.2, -0.15) is 0 Å². The molecule has 1 atom stereocenters. The van der Waals surface area contributed by atoms with E-state index < -0.39 is 0 Å². The van der Waals surface area contributed by atoms with Crippen molar-refractivity contribution in [2.24, 2.45) is 5.92 Å². The number of rotatable bonds is 1. The van der Waals surface area contributed by atoms with Crippen LogP contribution < -0.4 is 4.90 Å². The van der Waals surface area contributed by atoms with E-state index in [4.69, 9.17) is 0 Å². The van der Waals surface area contributed by atoms with Crippen LogP contribution in [0.2, 0.25) is 0 Å². The molecule has 64 valence electrons. The van der Waals surface area contributed by atoms with Gasteiger partial charge in [0.15, 0.2) is 0 Å². The highest BCUT2D eigenvalue weighted by molar-refractivity contribution is 5.46. The fourth-order valence-corrected chi connectivity index (χ4v) is 1.81. The van der Waals surface area contributed by atoms with E-state index in [2.05, 4.69) is 42.2 Å². The molecule has 0 spiro atoms. The summed E-state index contributed by atoms with van der Waals surface area (Å²) in [5.41, 5.74) is 1.38. The molecule has 0 amide bonds. The third-order valence-corrected chi connectivity index (χ3v) is 2.55. The highest BCUT2D eigenvalue weighted by Crippen LogP contribution is 2.22. The monoisotopic (exact) mass is 161 g/mol. The van der Waals surface area contributed by atoms with Crippen LogP contribution in [0.3, 0.4) is 0 Å². The van der Waals surface area contributed by atoms with Crippen molar-refractivity contribution >= 4 is 5.69 Å². The van der Waals surface area contributed by atoms with Gasteiger partial charge in [-0.3, -0.25) is 0 Å². The number of hydrogen-bond acceptors (Lipinski definition) is 1. The second kappa shape index (κ2) is 3.18. The molecule has 12 heavy (non-hydrogen) atoms. The minimum atomic E-state index is 0.866. The summed E-state index contributed by atoms with van der Waals surface area (Å²) in [4.78, 5) is 2.46. The van der Waals surface area contributed by atoms with Crippen molar-refractivity contribution in [3.8, 4) is 0 Å². The largest absolute Gasteiger partial charge is 0.371 e. The zero-order chi connectivity index (χ0) is 8.39. The number of benzene rings is 1. The zero-order valence-corrected chi connectivity index (χ0v) is 7.53. The average Bonchev–Trinajstić information content (AvgIpc) is 2.54. The second-order valence-electron chi connectivity index (χ2n) is 3.68. The van der Waals surface area contributed by atoms with E-state index in [1.807, 2.05) is 0 Å². The zero-order valence-electron chi connectivity index (χ0n) is 7.53. The van der Waals surface area contributed by atoms with Crippen molar-refractivity contribution in [1.82, 2.24) is 0 Å². The fraction of sp³-hybridized carbons (Fsp3) is 0.455. The molecule has 1 aliphatic rings. The molecule has 0 saturated carbocycles. The lowest BCUT2D eigenvalue weighted by atomic mass is 10.2. The standard InChI is InChI=1S/C11H15N/c1-10-7-8-12(9-10)11-5-3-2-4-6-11/h2-6,10H,7-9H2,1H3. The van der Waals surface area contributed by atoms with Gasteiger partial charge in [-0.05, 0) is 24.5 Å². The molecule has 1 saturated heterocycles. The number of hydrogen-bond donors (Lipinski definition) is 0. The molecule has 0 N–H and O–H groups in total. The minimum Gasteiger partial charge on any atom is -0.371 e. The first-order valence-electron chi connectivity index (χ1n) is 4.66. The van der Waals surface area contributed by atoms with Gasteiger partial charge in [-0.25, -0.2) is 0 Å². The van der Waals surface area contributed by atoms with Crippen LogP contribution in [-0.2, 0) is 0 Å². The first-order valence-corrected chi connectivity index (χ1v) is 4.66. The first-order chi connectivity index (χ1) is 5.86. The van der Waals surface area contributed by atoms with Crippen LogP contribution in [0.5, 0.6) is 0 Å². The van der Waals surface area contributed by atoms with Crippen LogP contribution in [0.25, 0.3) is 0 Å². The summed E-state index contributed by atoms with van der Waals surface area (Å²) in [6, 6.07) is 10.7. The lowest BCUT2D eigenvalue weighted by Gasteiger charge is -2.17. The maximum Gasteiger partial charge on any atom is 0.0366 e. The summed E-state index contributed by atoms with van der Waals surface area (Å²) in [6.45, 7) is 4.78. The fourth-order valence-electron chi connectivity index (χ4n) is 1.81. The average molecular weight is 161 g/mol. The molecule has 0 aliphatic carbocycles. The van der Waals surface area contributed by atoms with Gasteiger partial charge in [0.05, 0.1) is 0 Å². The summed E-state index contributed by atoms with van der Waals surface area (Å²) >= 11 is 0. The van der Waals surface area contributed by atoms with Gasteiger partial charge >= 0.3 is 0 Å². The predicted molar refractivity (Wildman–Crippen MR) is 52.4 cm³/mol. The van der Waals surface area contributed by atoms with E-state index in [0.717, 1.165) is 5.92 Å². The Morgan fingerprint density at radius 3 is 2.58 bits per heavy atom. The SMILES string of the molecule is CC1CCN(c2ccccc2)C1. The van der Waals surface area contributed by atoms with Crippen molar-refractivity contribution in [3.05, 3.63) is 30.3 Å². The molecular weight excluding hydrogens is 146 g/mol. The summed E-state index contributed by atoms with van der Waals surface area (Å²) in [5.74, 6) is 0.866. The van der Waals surface area contributed by atoms with Gasteiger partial charge in [0.25, 0.3) is 0 Å². The molecule has 1 aromatic rings. The Morgan fingerprint density at radius 2 is 2.00 bits per heavy atom. The molecule has 0 aromatic heterocycles. The van der Waals surface area contributed by atoms with Crippen molar-refractivity contribution in [2.45, 2.75) is 13.3 Å². The Bertz CT molecular complexity index is 242. The Kier molecular flexibility index (Phi) is 2.03.